The Bertz CT molecular complexity index is 228. The van der Waals surface area contributed by atoms with Crippen molar-refractivity contribution in [1.29, 1.82) is 0 Å². The molecule has 0 saturated heterocycles. The van der Waals surface area contributed by atoms with Crippen LogP contribution in [-0.4, -0.2) is 5.11 Å². The van der Waals surface area contributed by atoms with E-state index in [1.54, 1.807) is 12.1 Å². The number of rotatable bonds is 2. The molecule has 1 aromatic carbocycles. The van der Waals surface area contributed by atoms with Gasteiger partial charge in [-0.25, -0.2) is 0 Å². The van der Waals surface area contributed by atoms with Gasteiger partial charge in [0.15, 0.2) is 0 Å². The summed E-state index contributed by atoms with van der Waals surface area (Å²) in [5.74, 6) is 0. The normalized spacial score (nSPS) is 9.30. The molecular formula is C9H9O. The maximum Gasteiger partial charge on any atom is 0.0687 e. The lowest BCUT2D eigenvalue weighted by Crippen LogP contribution is -1.86. The van der Waals surface area contributed by atoms with Gasteiger partial charge in [-0.05, 0) is 17.2 Å². The van der Waals surface area contributed by atoms with Crippen LogP contribution in [0.15, 0.2) is 24.8 Å². The smallest absolute Gasteiger partial charge is 0.0687 e. The molecule has 51 valence electrons. The summed E-state index contributed by atoms with van der Waals surface area (Å²) in [6.07, 6.45) is 1.69. The van der Waals surface area contributed by atoms with Crippen molar-refractivity contribution in [3.63, 3.8) is 0 Å². The largest absolute Gasteiger partial charge is 0.392 e. The average Bonchev–Trinajstić information content (AvgIpc) is 2.04. The molecular weight excluding hydrogens is 124 g/mol. The van der Waals surface area contributed by atoms with Crippen molar-refractivity contribution >= 4 is 6.08 Å². The lowest BCUT2D eigenvalue weighted by atomic mass is 10.1. The van der Waals surface area contributed by atoms with E-state index in [2.05, 4.69) is 12.6 Å². The summed E-state index contributed by atoms with van der Waals surface area (Å²) in [4.78, 5) is 0. The minimum absolute atomic E-state index is 0.0543. The zero-order valence-corrected chi connectivity index (χ0v) is 5.67. The molecule has 0 bridgehead atoms. The Hall–Kier alpha value is -1.08. The summed E-state index contributed by atoms with van der Waals surface area (Å²) < 4.78 is 0. The predicted molar refractivity (Wildman–Crippen MR) is 41.3 cm³/mol. The molecule has 0 saturated carbocycles. The third-order valence-electron chi connectivity index (χ3n) is 1.35. The van der Waals surface area contributed by atoms with E-state index in [0.717, 1.165) is 11.1 Å². The van der Waals surface area contributed by atoms with E-state index in [0.29, 0.717) is 0 Å². The van der Waals surface area contributed by atoms with E-state index in [-0.39, 0.29) is 6.61 Å². The number of hydrogen-bond acceptors (Lipinski definition) is 1. The maximum absolute atomic E-state index is 8.78. The van der Waals surface area contributed by atoms with Gasteiger partial charge in [-0.15, -0.1) is 0 Å². The quantitative estimate of drug-likeness (QED) is 0.650. The van der Waals surface area contributed by atoms with Gasteiger partial charge in [0.1, 0.15) is 0 Å². The highest BCUT2D eigenvalue weighted by atomic mass is 16.3. The number of hydrogen-bond donors (Lipinski definition) is 1. The fourth-order valence-corrected chi connectivity index (χ4v) is 0.813. The third-order valence-corrected chi connectivity index (χ3v) is 1.35. The standard InChI is InChI=1S/C9H9O/c1-2-8-5-3-4-6-9(8)7-10/h2-4,6,10H,1,7H2. The molecule has 0 aliphatic carbocycles. The second kappa shape index (κ2) is 3.18. The Morgan fingerprint density at radius 3 is 3.00 bits per heavy atom. The van der Waals surface area contributed by atoms with E-state index in [1.165, 1.54) is 0 Å². The molecule has 0 spiro atoms. The van der Waals surface area contributed by atoms with Gasteiger partial charge in [0.2, 0.25) is 0 Å². The fourth-order valence-electron chi connectivity index (χ4n) is 0.813. The maximum atomic E-state index is 8.78. The van der Waals surface area contributed by atoms with Crippen LogP contribution in [0.25, 0.3) is 6.08 Å². The van der Waals surface area contributed by atoms with Crippen molar-refractivity contribution in [2.24, 2.45) is 0 Å². The summed E-state index contributed by atoms with van der Waals surface area (Å²) in [5.41, 5.74) is 1.75. The van der Waals surface area contributed by atoms with Crippen LogP contribution in [0.2, 0.25) is 0 Å². The van der Waals surface area contributed by atoms with Crippen LogP contribution in [0.5, 0.6) is 0 Å². The molecule has 0 aromatic heterocycles. The van der Waals surface area contributed by atoms with Gasteiger partial charge >= 0.3 is 0 Å². The summed E-state index contributed by atoms with van der Waals surface area (Å²) in [7, 11) is 0. The Morgan fingerprint density at radius 2 is 2.50 bits per heavy atom. The van der Waals surface area contributed by atoms with Gasteiger partial charge in [0.05, 0.1) is 6.61 Å². The van der Waals surface area contributed by atoms with Crippen molar-refractivity contribution in [1.82, 2.24) is 0 Å². The minimum atomic E-state index is 0.0543. The molecule has 0 aliphatic rings. The molecule has 1 rings (SSSR count). The summed E-state index contributed by atoms with van der Waals surface area (Å²) in [6, 6.07) is 8.46. The van der Waals surface area contributed by atoms with E-state index in [1.807, 2.05) is 12.1 Å². The molecule has 1 N–H and O–H groups in total. The second-order valence-corrected chi connectivity index (χ2v) is 1.97. The molecule has 1 radical (unpaired) electrons. The highest BCUT2D eigenvalue weighted by Gasteiger charge is 1.93. The van der Waals surface area contributed by atoms with Crippen molar-refractivity contribution in [2.75, 3.05) is 0 Å². The first-order chi connectivity index (χ1) is 4.88. The van der Waals surface area contributed by atoms with Crippen molar-refractivity contribution in [2.45, 2.75) is 6.61 Å². The molecule has 0 heterocycles. The monoisotopic (exact) mass is 133 g/mol. The number of benzene rings is 1. The Kier molecular flexibility index (Phi) is 2.24. The summed E-state index contributed by atoms with van der Waals surface area (Å²) in [5, 5.41) is 8.78. The Labute approximate surface area is 60.6 Å². The fraction of sp³-hybridized carbons (Fsp3) is 0.111. The van der Waals surface area contributed by atoms with E-state index in [4.69, 9.17) is 5.11 Å². The van der Waals surface area contributed by atoms with Crippen LogP contribution < -0.4 is 0 Å². The van der Waals surface area contributed by atoms with E-state index < -0.39 is 0 Å². The first-order valence-electron chi connectivity index (χ1n) is 3.11. The summed E-state index contributed by atoms with van der Waals surface area (Å²) >= 11 is 0. The van der Waals surface area contributed by atoms with E-state index >= 15 is 0 Å². The molecule has 0 amide bonds. The van der Waals surface area contributed by atoms with Crippen LogP contribution in [0.3, 0.4) is 0 Å². The van der Waals surface area contributed by atoms with Crippen molar-refractivity contribution in [3.8, 4) is 0 Å². The van der Waals surface area contributed by atoms with Crippen LogP contribution in [0.1, 0.15) is 11.1 Å². The third kappa shape index (κ3) is 1.25. The highest BCUT2D eigenvalue weighted by Crippen LogP contribution is 2.07. The van der Waals surface area contributed by atoms with Gasteiger partial charge in [-0.3, -0.25) is 0 Å². The minimum Gasteiger partial charge on any atom is -0.392 e. The molecule has 1 heteroatoms. The molecule has 0 fully saturated rings. The zero-order chi connectivity index (χ0) is 7.40. The Morgan fingerprint density at radius 1 is 1.70 bits per heavy atom. The zero-order valence-electron chi connectivity index (χ0n) is 5.67. The SMILES string of the molecule is C=Cc1[c]cccc1CO. The lowest BCUT2D eigenvalue weighted by molar-refractivity contribution is 0.281. The van der Waals surface area contributed by atoms with Crippen LogP contribution >= 0.6 is 0 Å². The van der Waals surface area contributed by atoms with E-state index in [9.17, 15) is 0 Å². The van der Waals surface area contributed by atoms with Gasteiger partial charge in [-0.1, -0.05) is 30.9 Å². The van der Waals surface area contributed by atoms with Gasteiger partial charge in [0, 0.05) is 0 Å². The highest BCUT2D eigenvalue weighted by molar-refractivity contribution is 5.50. The number of aliphatic hydroxyl groups excluding tert-OH is 1. The number of aliphatic hydroxyl groups is 1. The van der Waals surface area contributed by atoms with Gasteiger partial charge in [0.25, 0.3) is 0 Å². The predicted octanol–water partition coefficient (Wildman–Crippen LogP) is 1.62. The van der Waals surface area contributed by atoms with Crippen LogP contribution in [-0.2, 0) is 6.61 Å². The Balaban J connectivity index is 3.08. The van der Waals surface area contributed by atoms with Crippen LogP contribution in [0.4, 0.5) is 0 Å². The molecule has 0 unspecified atom stereocenters. The van der Waals surface area contributed by atoms with Crippen molar-refractivity contribution < 1.29 is 5.11 Å². The second-order valence-electron chi connectivity index (χ2n) is 1.97. The van der Waals surface area contributed by atoms with Gasteiger partial charge in [-0.2, -0.15) is 0 Å². The van der Waals surface area contributed by atoms with Crippen LogP contribution in [0, 0.1) is 6.07 Å². The average molecular weight is 133 g/mol. The van der Waals surface area contributed by atoms with Crippen molar-refractivity contribution in [3.05, 3.63) is 42.0 Å². The molecule has 0 atom stereocenters. The topological polar surface area (TPSA) is 20.2 Å². The lowest BCUT2D eigenvalue weighted by Gasteiger charge is -1.98. The molecule has 0 aliphatic heterocycles. The molecule has 10 heavy (non-hydrogen) atoms. The summed E-state index contributed by atoms with van der Waals surface area (Å²) in [6.45, 7) is 3.65. The first-order valence-corrected chi connectivity index (χ1v) is 3.11. The molecule has 1 aromatic rings. The molecule has 1 nitrogen and oxygen atoms in total. The van der Waals surface area contributed by atoms with Gasteiger partial charge < -0.3 is 5.11 Å². The first kappa shape index (κ1) is 7.03.